The van der Waals surface area contributed by atoms with Crippen molar-refractivity contribution in [2.24, 2.45) is 0 Å². The second-order valence-electron chi connectivity index (χ2n) is 11.1. The van der Waals surface area contributed by atoms with Gasteiger partial charge in [0.1, 0.15) is 5.76 Å². The second-order valence-corrected chi connectivity index (χ2v) is 11.1. The molecule has 8 atom stereocenters. The quantitative estimate of drug-likeness (QED) is 0.205. The molecule has 2 heterocycles. The van der Waals surface area contributed by atoms with Crippen LogP contribution in [0, 0.1) is 0 Å². The van der Waals surface area contributed by atoms with E-state index in [0.29, 0.717) is 30.9 Å². The van der Waals surface area contributed by atoms with E-state index in [2.05, 4.69) is 9.64 Å². The molecule has 4 N–H and O–H groups in total. The number of carboxylic acid groups (broad SMARTS) is 1. The fraction of sp³-hybridized carbons (Fsp3) is 0.571. The average molecular weight is 592 g/mol. The summed E-state index contributed by atoms with van der Waals surface area (Å²) in [5.41, 5.74) is -0.485. The molecule has 5 rings (SSSR count). The maximum atomic E-state index is 13.0. The van der Waals surface area contributed by atoms with E-state index in [1.165, 1.54) is 13.2 Å². The van der Waals surface area contributed by atoms with Crippen LogP contribution in [0.5, 0.6) is 11.5 Å². The summed E-state index contributed by atoms with van der Waals surface area (Å²) in [7, 11) is 3.44. The van der Waals surface area contributed by atoms with E-state index in [0.717, 1.165) is 25.0 Å². The van der Waals surface area contributed by atoms with Crippen molar-refractivity contribution in [3.63, 3.8) is 0 Å². The Morgan fingerprint density at radius 3 is 2.38 bits per heavy atom. The average Bonchev–Trinajstić information content (AvgIpc) is 3.31. The summed E-state index contributed by atoms with van der Waals surface area (Å²) in [6.45, 7) is 2.78. The molecular formula is C28H33NO13. The van der Waals surface area contributed by atoms with Crippen molar-refractivity contribution >= 4 is 23.9 Å². The monoisotopic (exact) mass is 591 g/mol. The van der Waals surface area contributed by atoms with Crippen LogP contribution in [0.15, 0.2) is 24.0 Å². The number of hydrogen-bond donors (Lipinski definition) is 4. The number of likely N-dealkylation sites (N-methyl/N-ethyl adjacent to an activating group) is 1. The number of benzene rings is 1. The molecule has 0 radical (unpaired) electrons. The summed E-state index contributed by atoms with van der Waals surface area (Å²) in [6, 6.07) is 3.47. The fourth-order valence-corrected chi connectivity index (χ4v) is 6.63. The number of carbonyl (C=O) groups excluding carboxylic acids is 3. The van der Waals surface area contributed by atoms with Gasteiger partial charge in [0.2, 0.25) is 0 Å². The van der Waals surface area contributed by atoms with Crippen molar-refractivity contribution in [3.05, 3.63) is 35.1 Å². The normalized spacial score (nSPS) is 29.9. The zero-order valence-corrected chi connectivity index (χ0v) is 23.4. The SMILES string of the molecule is COc1ccc2c3c1O[C@H]1C(OC(=O)[C@H](O)[C@@H](O)C(=O)O[C@@H](C)C(=O)O[C@@H](C)C(=O)O)=CC[C@@]4(O)[C@H](C2)N(C)CC[C@]314. The Morgan fingerprint density at radius 2 is 1.71 bits per heavy atom. The van der Waals surface area contributed by atoms with Crippen molar-refractivity contribution in [3.8, 4) is 11.5 Å². The molecular weight excluding hydrogens is 558 g/mol. The van der Waals surface area contributed by atoms with Gasteiger partial charge in [0.25, 0.3) is 0 Å². The number of nitrogens with zero attached hydrogens (tertiary/aromatic N) is 1. The summed E-state index contributed by atoms with van der Waals surface area (Å²) in [6.07, 6.45) is -6.33. The van der Waals surface area contributed by atoms with Gasteiger partial charge >= 0.3 is 23.9 Å². The zero-order valence-electron chi connectivity index (χ0n) is 23.4. The lowest BCUT2D eigenvalue weighted by Crippen LogP contribution is -2.74. The Labute approximate surface area is 240 Å². The summed E-state index contributed by atoms with van der Waals surface area (Å²) in [5.74, 6) is -4.69. The topological polar surface area (TPSA) is 199 Å². The molecule has 0 saturated carbocycles. The molecule has 228 valence electrons. The minimum absolute atomic E-state index is 0.00157. The van der Waals surface area contributed by atoms with Crippen LogP contribution in [0.25, 0.3) is 0 Å². The third kappa shape index (κ3) is 4.32. The number of esters is 3. The van der Waals surface area contributed by atoms with Crippen LogP contribution < -0.4 is 9.47 Å². The highest BCUT2D eigenvalue weighted by atomic mass is 16.6. The predicted octanol–water partition coefficient (Wildman–Crippen LogP) is -0.814. The highest BCUT2D eigenvalue weighted by molar-refractivity contribution is 5.88. The van der Waals surface area contributed by atoms with Gasteiger partial charge in [-0.3, -0.25) is 0 Å². The number of piperidine rings is 1. The molecule has 2 aliphatic heterocycles. The molecule has 2 aliphatic carbocycles. The van der Waals surface area contributed by atoms with Crippen LogP contribution in [0.3, 0.4) is 0 Å². The third-order valence-corrected chi connectivity index (χ3v) is 8.82. The highest BCUT2D eigenvalue weighted by Crippen LogP contribution is 2.65. The van der Waals surface area contributed by atoms with Gasteiger partial charge in [-0.1, -0.05) is 6.07 Å². The van der Waals surface area contributed by atoms with Crippen LogP contribution >= 0.6 is 0 Å². The first-order valence-electron chi connectivity index (χ1n) is 13.5. The smallest absolute Gasteiger partial charge is 0.347 e. The number of aliphatic hydroxyl groups excluding tert-OH is 2. The van der Waals surface area contributed by atoms with Crippen LogP contribution in [0.1, 0.15) is 37.8 Å². The molecule has 2 bridgehead atoms. The van der Waals surface area contributed by atoms with Gasteiger partial charge in [-0.05, 0) is 58.0 Å². The molecule has 14 nitrogen and oxygen atoms in total. The fourth-order valence-electron chi connectivity index (χ4n) is 6.63. The Bertz CT molecular complexity index is 1360. The molecule has 0 amide bonds. The maximum absolute atomic E-state index is 13.0. The molecule has 1 aromatic carbocycles. The van der Waals surface area contributed by atoms with E-state index in [1.54, 1.807) is 6.07 Å². The van der Waals surface area contributed by atoms with E-state index in [-0.39, 0.29) is 18.2 Å². The van der Waals surface area contributed by atoms with Crippen LogP contribution in [0.2, 0.25) is 0 Å². The summed E-state index contributed by atoms with van der Waals surface area (Å²) >= 11 is 0. The second kappa shape index (κ2) is 10.5. The summed E-state index contributed by atoms with van der Waals surface area (Å²) in [5, 5.41) is 41.8. The number of carboxylic acids is 1. The van der Waals surface area contributed by atoms with Crippen molar-refractivity contribution in [1.29, 1.82) is 0 Å². The molecule has 1 saturated heterocycles. The first kappa shape index (κ1) is 29.8. The van der Waals surface area contributed by atoms with E-state index in [4.69, 9.17) is 24.1 Å². The van der Waals surface area contributed by atoms with Gasteiger partial charge in [0.05, 0.1) is 18.1 Å². The van der Waals surface area contributed by atoms with Crippen LogP contribution in [-0.4, -0.2) is 112 Å². The molecule has 1 fully saturated rings. The highest BCUT2D eigenvalue weighted by Gasteiger charge is 2.72. The first-order chi connectivity index (χ1) is 19.8. The summed E-state index contributed by atoms with van der Waals surface area (Å²) in [4.78, 5) is 50.3. The molecule has 0 aromatic heterocycles. The number of aliphatic carboxylic acids is 1. The van der Waals surface area contributed by atoms with Gasteiger partial charge < -0.3 is 49.0 Å². The number of aliphatic hydroxyl groups is 3. The predicted molar refractivity (Wildman–Crippen MR) is 138 cm³/mol. The van der Waals surface area contributed by atoms with E-state index < -0.39 is 65.4 Å². The lowest BCUT2D eigenvalue weighted by molar-refractivity contribution is -0.185. The number of ether oxygens (including phenoxy) is 5. The van der Waals surface area contributed by atoms with E-state index in [1.807, 2.05) is 13.1 Å². The van der Waals surface area contributed by atoms with Crippen LogP contribution in [0.4, 0.5) is 0 Å². The minimum atomic E-state index is -2.44. The number of rotatable bonds is 9. The molecule has 42 heavy (non-hydrogen) atoms. The molecule has 1 spiro atoms. The van der Waals surface area contributed by atoms with Gasteiger partial charge in [-0.15, -0.1) is 0 Å². The lowest BCUT2D eigenvalue weighted by atomic mass is 9.50. The molecule has 14 heteroatoms. The summed E-state index contributed by atoms with van der Waals surface area (Å²) < 4.78 is 26.7. The van der Waals surface area contributed by atoms with Crippen molar-refractivity contribution in [2.75, 3.05) is 20.7 Å². The standard InChI is InChI=1S/C28H33NO13/c1-12(23(32)33)39-24(34)13(2)40-25(35)19(30)20(31)26(36)41-16-7-8-28(37)17-11-14-5-6-15(38-4)21-18(14)27(28,22(16)42-21)9-10-29(17)3/h5-7,12-13,17,19-20,22,30-31,37H,8-11H2,1-4H3,(H,32,33)/t12-,13-,17-,19+,20+,22-,27-,28+/m0/s1. The molecule has 4 aliphatic rings. The van der Waals surface area contributed by atoms with Crippen LogP contribution in [-0.2, 0) is 45.2 Å². The third-order valence-electron chi connectivity index (χ3n) is 8.82. The molecule has 0 unspecified atom stereocenters. The van der Waals surface area contributed by atoms with E-state index >= 15 is 0 Å². The largest absolute Gasteiger partial charge is 0.493 e. The molecule has 1 aromatic rings. The van der Waals surface area contributed by atoms with Gasteiger partial charge in [-0.25, -0.2) is 19.2 Å². The minimum Gasteiger partial charge on any atom is -0.493 e. The van der Waals surface area contributed by atoms with Crippen molar-refractivity contribution < 1.29 is 63.3 Å². The Hall–Kier alpha value is -3.72. The zero-order chi connectivity index (χ0) is 30.7. The number of hydrogen-bond acceptors (Lipinski definition) is 13. The Morgan fingerprint density at radius 1 is 1.05 bits per heavy atom. The number of methoxy groups -OCH3 is 1. The Kier molecular flexibility index (Phi) is 7.46. The van der Waals surface area contributed by atoms with Crippen molar-refractivity contribution in [2.45, 2.75) is 80.7 Å². The van der Waals surface area contributed by atoms with E-state index in [9.17, 15) is 34.5 Å². The number of likely N-dealkylation sites (tertiary alicyclic amines) is 1. The first-order valence-corrected chi connectivity index (χ1v) is 13.5. The van der Waals surface area contributed by atoms with Crippen molar-refractivity contribution in [1.82, 2.24) is 4.90 Å². The Balaban J connectivity index is 1.34. The number of carbonyl (C=O) groups is 4. The maximum Gasteiger partial charge on any atom is 0.347 e. The van der Waals surface area contributed by atoms with Gasteiger partial charge in [0, 0.05) is 18.0 Å². The lowest BCUT2D eigenvalue weighted by Gasteiger charge is -2.61. The van der Waals surface area contributed by atoms with Gasteiger partial charge in [-0.2, -0.15) is 0 Å². The van der Waals surface area contributed by atoms with Gasteiger partial charge in [0.15, 0.2) is 42.0 Å².